The second-order valence-electron chi connectivity index (χ2n) is 10.4. The van der Waals surface area contributed by atoms with Crippen molar-refractivity contribution in [1.29, 1.82) is 0 Å². The van der Waals surface area contributed by atoms with Gasteiger partial charge in [0, 0.05) is 25.2 Å². The Morgan fingerprint density at radius 2 is 1.95 bits per heavy atom. The van der Waals surface area contributed by atoms with Crippen LogP contribution in [0.1, 0.15) is 37.4 Å². The van der Waals surface area contributed by atoms with Gasteiger partial charge in [-0.3, -0.25) is 9.36 Å². The van der Waals surface area contributed by atoms with Crippen molar-refractivity contribution in [3.63, 3.8) is 0 Å². The monoisotopic (exact) mass is 555 g/mol. The fourth-order valence-electron chi connectivity index (χ4n) is 4.15. The number of aliphatic hydroxyl groups excluding tert-OH is 1. The third kappa shape index (κ3) is 7.17. The van der Waals surface area contributed by atoms with Crippen LogP contribution in [0.2, 0.25) is 0 Å². The van der Waals surface area contributed by atoms with Crippen LogP contribution < -0.4 is 10.6 Å². The quantitative estimate of drug-likeness (QED) is 0.340. The van der Waals surface area contributed by atoms with Gasteiger partial charge in [-0.1, -0.05) is 30.4 Å². The normalized spacial score (nSPS) is 21.3. The summed E-state index contributed by atoms with van der Waals surface area (Å²) >= 11 is 0. The Hall–Kier alpha value is -3.94. The molecule has 1 aromatic carbocycles. The minimum atomic E-state index is -1.73. The van der Waals surface area contributed by atoms with Gasteiger partial charge in [-0.25, -0.2) is 24.1 Å². The number of amides is 2. The van der Waals surface area contributed by atoms with E-state index in [2.05, 4.69) is 25.6 Å². The molecule has 1 fully saturated rings. The summed E-state index contributed by atoms with van der Waals surface area (Å²) in [7, 11) is 1.81. The number of fused-ring (bicyclic) bond motifs is 1. The number of likely N-dealkylation sites (N-methyl/N-ethyl adjacent to an activating group) is 1. The van der Waals surface area contributed by atoms with Crippen molar-refractivity contribution in [3.8, 4) is 0 Å². The number of benzene rings is 1. The van der Waals surface area contributed by atoms with Gasteiger partial charge in [0.15, 0.2) is 29.4 Å². The molecule has 0 bridgehead atoms. The summed E-state index contributed by atoms with van der Waals surface area (Å²) in [6.45, 7) is 6.39. The minimum Gasteiger partial charge on any atom is -0.444 e. The number of alkyl carbamates (subject to hydrolysis) is 1. The van der Waals surface area contributed by atoms with Crippen molar-refractivity contribution in [2.75, 3.05) is 32.0 Å². The molecule has 0 aliphatic carbocycles. The number of carbonyl (C=O) groups is 2. The molecule has 12 nitrogen and oxygen atoms in total. The summed E-state index contributed by atoms with van der Waals surface area (Å²) in [5, 5.41) is 15.9. The highest BCUT2D eigenvalue weighted by molar-refractivity contribution is 6.06. The third-order valence-electron chi connectivity index (χ3n) is 6.03. The SMILES string of the molecule is CN(CC=CCNC(=O)OC(C)(C)C)C[C@H]1O[C@@H](n2cnc3c(NC(=O)c4ccccc4)ncnc32)[C@@H](F)[C@@H]1O. The van der Waals surface area contributed by atoms with Gasteiger partial charge in [0.25, 0.3) is 5.91 Å². The Morgan fingerprint density at radius 3 is 2.67 bits per heavy atom. The fraction of sp³-hybridized carbons (Fsp3) is 0.444. The summed E-state index contributed by atoms with van der Waals surface area (Å²) in [5.41, 5.74) is 0.398. The fourth-order valence-corrected chi connectivity index (χ4v) is 4.15. The third-order valence-corrected chi connectivity index (χ3v) is 6.03. The average molecular weight is 556 g/mol. The van der Waals surface area contributed by atoms with Gasteiger partial charge in [0.2, 0.25) is 0 Å². The first-order chi connectivity index (χ1) is 19.0. The van der Waals surface area contributed by atoms with Crippen LogP contribution in [0.15, 0.2) is 55.1 Å². The molecule has 3 aromatic rings. The van der Waals surface area contributed by atoms with Crippen LogP contribution in [0.3, 0.4) is 0 Å². The predicted molar refractivity (Wildman–Crippen MR) is 145 cm³/mol. The number of nitrogens with one attached hydrogen (secondary N) is 2. The number of imidazole rings is 1. The number of aliphatic hydroxyl groups is 1. The lowest BCUT2D eigenvalue weighted by atomic mass is 10.1. The molecule has 3 N–H and O–H groups in total. The van der Waals surface area contributed by atoms with E-state index in [0.29, 0.717) is 18.7 Å². The number of anilines is 1. The van der Waals surface area contributed by atoms with E-state index in [1.54, 1.807) is 57.2 Å². The molecule has 1 saturated heterocycles. The number of ether oxygens (including phenoxy) is 2. The first-order valence-electron chi connectivity index (χ1n) is 12.9. The van der Waals surface area contributed by atoms with Gasteiger partial charge < -0.3 is 30.1 Å². The van der Waals surface area contributed by atoms with Crippen LogP contribution in [0.25, 0.3) is 11.2 Å². The van der Waals surface area contributed by atoms with E-state index >= 15 is 4.39 Å². The molecule has 0 saturated carbocycles. The van der Waals surface area contributed by atoms with Crippen LogP contribution in [0.5, 0.6) is 0 Å². The molecule has 1 aliphatic rings. The summed E-state index contributed by atoms with van der Waals surface area (Å²) in [6.07, 6.45) is 0.630. The van der Waals surface area contributed by atoms with E-state index in [1.807, 2.05) is 18.0 Å². The molecular formula is C27H34FN7O5. The van der Waals surface area contributed by atoms with Crippen LogP contribution in [-0.4, -0.2) is 92.2 Å². The highest BCUT2D eigenvalue weighted by atomic mass is 19.1. The zero-order valence-corrected chi connectivity index (χ0v) is 22.8. The molecule has 214 valence electrons. The molecule has 0 unspecified atom stereocenters. The number of aromatic nitrogens is 4. The van der Waals surface area contributed by atoms with E-state index in [0.717, 1.165) is 0 Å². The smallest absolute Gasteiger partial charge is 0.407 e. The molecule has 2 amide bonds. The summed E-state index contributed by atoms with van der Waals surface area (Å²) < 4.78 is 27.7. The number of hydrogen-bond donors (Lipinski definition) is 3. The van der Waals surface area contributed by atoms with Crippen molar-refractivity contribution in [3.05, 3.63) is 60.7 Å². The van der Waals surface area contributed by atoms with Crippen molar-refractivity contribution < 1.29 is 28.6 Å². The Morgan fingerprint density at radius 1 is 1.20 bits per heavy atom. The lowest BCUT2D eigenvalue weighted by molar-refractivity contribution is -0.0330. The number of halogens is 1. The van der Waals surface area contributed by atoms with E-state index in [9.17, 15) is 14.7 Å². The molecule has 1 aliphatic heterocycles. The Labute approximate surface area is 231 Å². The zero-order chi connectivity index (χ0) is 28.9. The Balaban J connectivity index is 1.35. The Kier molecular flexibility index (Phi) is 9.07. The molecule has 0 spiro atoms. The van der Waals surface area contributed by atoms with Crippen LogP contribution in [-0.2, 0) is 9.47 Å². The number of alkyl halides is 1. The summed E-state index contributed by atoms with van der Waals surface area (Å²) in [6, 6.07) is 8.64. The lowest BCUT2D eigenvalue weighted by Gasteiger charge is -2.21. The largest absolute Gasteiger partial charge is 0.444 e. The first-order valence-corrected chi connectivity index (χ1v) is 12.9. The van der Waals surface area contributed by atoms with Crippen LogP contribution in [0, 0.1) is 0 Å². The maximum Gasteiger partial charge on any atom is 0.407 e. The summed E-state index contributed by atoms with van der Waals surface area (Å²) in [5.74, 6) is -0.195. The molecule has 40 heavy (non-hydrogen) atoms. The number of hydrogen-bond acceptors (Lipinski definition) is 9. The van der Waals surface area contributed by atoms with Crippen molar-refractivity contribution in [1.82, 2.24) is 29.7 Å². The lowest BCUT2D eigenvalue weighted by Crippen LogP contribution is -2.37. The predicted octanol–water partition coefficient (Wildman–Crippen LogP) is 2.69. The van der Waals surface area contributed by atoms with E-state index in [-0.39, 0.29) is 29.4 Å². The second kappa shape index (κ2) is 12.5. The van der Waals surface area contributed by atoms with Gasteiger partial charge in [-0.15, -0.1) is 0 Å². The van der Waals surface area contributed by atoms with Gasteiger partial charge in [-0.2, -0.15) is 0 Å². The van der Waals surface area contributed by atoms with Crippen LogP contribution in [0.4, 0.5) is 15.0 Å². The number of rotatable bonds is 9. The maximum atomic E-state index is 15.2. The molecule has 2 aromatic heterocycles. The van der Waals surface area contributed by atoms with E-state index in [1.165, 1.54) is 17.2 Å². The molecule has 3 heterocycles. The topological polar surface area (TPSA) is 144 Å². The minimum absolute atomic E-state index is 0.177. The van der Waals surface area contributed by atoms with Crippen LogP contribution >= 0.6 is 0 Å². The van der Waals surface area contributed by atoms with Crippen molar-refractivity contribution in [2.24, 2.45) is 0 Å². The van der Waals surface area contributed by atoms with E-state index in [4.69, 9.17) is 9.47 Å². The Bertz CT molecular complexity index is 1340. The highest BCUT2D eigenvalue weighted by Crippen LogP contribution is 2.34. The number of nitrogens with zero attached hydrogens (tertiary/aromatic N) is 5. The highest BCUT2D eigenvalue weighted by Gasteiger charge is 2.46. The zero-order valence-electron chi connectivity index (χ0n) is 22.8. The van der Waals surface area contributed by atoms with Crippen molar-refractivity contribution in [2.45, 2.75) is 51.0 Å². The molecule has 4 rings (SSSR count). The van der Waals surface area contributed by atoms with Gasteiger partial charge >= 0.3 is 6.09 Å². The maximum absolute atomic E-state index is 15.2. The first kappa shape index (κ1) is 29.1. The molecule has 4 atom stereocenters. The second-order valence-corrected chi connectivity index (χ2v) is 10.4. The summed E-state index contributed by atoms with van der Waals surface area (Å²) in [4.78, 5) is 38.8. The van der Waals surface area contributed by atoms with Gasteiger partial charge in [-0.05, 0) is 40.0 Å². The van der Waals surface area contributed by atoms with E-state index < -0.39 is 36.3 Å². The van der Waals surface area contributed by atoms with Gasteiger partial charge in [0.05, 0.1) is 6.33 Å². The molecule has 0 radical (unpaired) electrons. The van der Waals surface area contributed by atoms with Crippen molar-refractivity contribution >= 4 is 29.0 Å². The molecule has 13 heteroatoms. The van der Waals surface area contributed by atoms with Gasteiger partial charge in [0.1, 0.15) is 24.1 Å². The average Bonchev–Trinajstić information content (AvgIpc) is 3.45. The molecular weight excluding hydrogens is 521 g/mol. The standard InChI is InChI=1S/C27H34FN7O5/c1-27(2,3)40-26(38)29-12-8-9-13-34(4)14-18-21(36)19(28)25(39-18)35-16-32-20-22(30-15-31-23(20)35)33-24(37)17-10-6-5-7-11-17/h5-11,15-16,18-19,21,25,36H,12-14H2,1-4H3,(H,29,38)(H,30,31,33,37)/t18-,19+,21-,25-/m1/s1. The number of carbonyl (C=O) groups excluding carboxylic acids is 2.